The van der Waals surface area contributed by atoms with E-state index in [0.29, 0.717) is 6.04 Å². The summed E-state index contributed by atoms with van der Waals surface area (Å²) in [6.45, 7) is 14.2. The predicted molar refractivity (Wildman–Crippen MR) is 75.2 cm³/mol. The van der Waals surface area contributed by atoms with E-state index in [9.17, 15) is 0 Å². The minimum absolute atomic E-state index is 0.705. The van der Waals surface area contributed by atoms with Crippen LogP contribution in [-0.2, 0) is 0 Å². The molecule has 1 rings (SSSR count). The third-order valence-electron chi connectivity index (χ3n) is 2.72. The smallest absolute Gasteiger partial charge is 0.0285 e. The zero-order chi connectivity index (χ0) is 12.0. The Morgan fingerprint density at radius 1 is 1.19 bits per heavy atom. The Morgan fingerprint density at radius 2 is 1.81 bits per heavy atom. The van der Waals surface area contributed by atoms with Gasteiger partial charge in [-0.25, -0.2) is 0 Å². The van der Waals surface area contributed by atoms with Crippen LogP contribution in [0.3, 0.4) is 0 Å². The lowest BCUT2D eigenvalue weighted by Gasteiger charge is -2.32. The molecule has 1 fully saturated rings. The molecule has 1 atom stereocenters. The quantitative estimate of drug-likeness (QED) is 0.772. The predicted octanol–water partition coefficient (Wildman–Crippen LogP) is 2.31. The zero-order valence-corrected chi connectivity index (χ0v) is 12.1. The number of nitrogens with zero attached hydrogens (tertiary/aromatic N) is 1. The Labute approximate surface area is 106 Å². The molecule has 0 spiro atoms. The van der Waals surface area contributed by atoms with Crippen molar-refractivity contribution in [1.82, 2.24) is 10.2 Å². The molecule has 0 radical (unpaired) electrons. The summed E-state index contributed by atoms with van der Waals surface area (Å²) in [6.07, 6.45) is 0. The highest BCUT2D eigenvalue weighted by Crippen LogP contribution is 2.11. The molecule has 1 N–H and O–H groups in total. The SMILES string of the molecule is CC(C)CN(CC(C)C)CC1CSCCN1. The van der Waals surface area contributed by atoms with Gasteiger partial charge in [-0.1, -0.05) is 27.7 Å². The topological polar surface area (TPSA) is 15.3 Å². The summed E-state index contributed by atoms with van der Waals surface area (Å²) in [5.41, 5.74) is 0. The van der Waals surface area contributed by atoms with Crippen LogP contribution in [0.2, 0.25) is 0 Å². The van der Waals surface area contributed by atoms with E-state index in [-0.39, 0.29) is 0 Å². The van der Waals surface area contributed by atoms with E-state index >= 15 is 0 Å². The number of rotatable bonds is 6. The van der Waals surface area contributed by atoms with Gasteiger partial charge in [0.2, 0.25) is 0 Å². The van der Waals surface area contributed by atoms with Gasteiger partial charge in [-0.15, -0.1) is 0 Å². The molecule has 1 saturated heterocycles. The second-order valence-corrected chi connectivity index (χ2v) is 6.88. The van der Waals surface area contributed by atoms with E-state index in [1.807, 2.05) is 0 Å². The molecule has 1 unspecified atom stereocenters. The fraction of sp³-hybridized carbons (Fsp3) is 1.00. The van der Waals surface area contributed by atoms with Gasteiger partial charge in [-0.3, -0.25) is 0 Å². The fourth-order valence-corrected chi connectivity index (χ4v) is 3.24. The molecule has 2 nitrogen and oxygen atoms in total. The first-order valence-electron chi connectivity index (χ1n) is 6.61. The van der Waals surface area contributed by atoms with E-state index in [4.69, 9.17) is 0 Å². The van der Waals surface area contributed by atoms with E-state index in [1.165, 1.54) is 37.7 Å². The lowest BCUT2D eigenvalue weighted by atomic mass is 10.1. The standard InChI is InChI=1S/C13H28N2S/c1-11(2)7-15(8-12(3)4)9-13-10-16-6-5-14-13/h11-14H,5-10H2,1-4H3. The first kappa shape index (κ1) is 14.3. The van der Waals surface area contributed by atoms with Crippen molar-refractivity contribution in [2.45, 2.75) is 33.7 Å². The van der Waals surface area contributed by atoms with Gasteiger partial charge in [0.05, 0.1) is 0 Å². The molecule has 0 aliphatic carbocycles. The van der Waals surface area contributed by atoms with Crippen LogP contribution in [0.15, 0.2) is 0 Å². The second-order valence-electron chi connectivity index (χ2n) is 5.73. The Balaban J connectivity index is 2.35. The fourth-order valence-electron chi connectivity index (χ4n) is 2.31. The Bertz CT molecular complexity index is 167. The van der Waals surface area contributed by atoms with Crippen molar-refractivity contribution in [2.24, 2.45) is 11.8 Å². The normalized spacial score (nSPS) is 22.3. The van der Waals surface area contributed by atoms with Gasteiger partial charge in [-0.2, -0.15) is 11.8 Å². The molecule has 0 aromatic carbocycles. The highest BCUT2D eigenvalue weighted by molar-refractivity contribution is 7.99. The van der Waals surface area contributed by atoms with Gasteiger partial charge < -0.3 is 10.2 Å². The van der Waals surface area contributed by atoms with Crippen molar-refractivity contribution in [1.29, 1.82) is 0 Å². The minimum atomic E-state index is 0.705. The maximum absolute atomic E-state index is 3.63. The molecular formula is C13H28N2S. The third kappa shape index (κ3) is 6.12. The highest BCUT2D eigenvalue weighted by atomic mass is 32.2. The van der Waals surface area contributed by atoms with Crippen molar-refractivity contribution < 1.29 is 0 Å². The van der Waals surface area contributed by atoms with E-state index < -0.39 is 0 Å². The van der Waals surface area contributed by atoms with Crippen LogP contribution in [0.5, 0.6) is 0 Å². The summed E-state index contributed by atoms with van der Waals surface area (Å²) >= 11 is 2.09. The van der Waals surface area contributed by atoms with Gasteiger partial charge in [-0.05, 0) is 11.8 Å². The molecule has 0 amide bonds. The monoisotopic (exact) mass is 244 g/mol. The van der Waals surface area contributed by atoms with E-state index in [2.05, 4.69) is 49.7 Å². The molecule has 96 valence electrons. The van der Waals surface area contributed by atoms with Crippen LogP contribution in [0.25, 0.3) is 0 Å². The average Bonchev–Trinajstić information content (AvgIpc) is 2.16. The summed E-state index contributed by atoms with van der Waals surface area (Å²) in [6, 6.07) is 0.705. The van der Waals surface area contributed by atoms with E-state index in [1.54, 1.807) is 0 Å². The van der Waals surface area contributed by atoms with Crippen LogP contribution < -0.4 is 5.32 Å². The Hall–Kier alpha value is 0.270. The van der Waals surface area contributed by atoms with Gasteiger partial charge in [0, 0.05) is 43.7 Å². The Morgan fingerprint density at radius 3 is 2.25 bits per heavy atom. The summed E-state index contributed by atoms with van der Waals surface area (Å²) in [7, 11) is 0. The molecule has 0 bridgehead atoms. The first-order chi connectivity index (χ1) is 7.58. The van der Waals surface area contributed by atoms with Crippen molar-refractivity contribution in [3.05, 3.63) is 0 Å². The molecular weight excluding hydrogens is 216 g/mol. The number of nitrogens with one attached hydrogen (secondary N) is 1. The number of thioether (sulfide) groups is 1. The molecule has 16 heavy (non-hydrogen) atoms. The second kappa shape index (κ2) is 7.57. The molecule has 0 aromatic rings. The van der Waals surface area contributed by atoms with Crippen LogP contribution in [0.4, 0.5) is 0 Å². The summed E-state index contributed by atoms with van der Waals surface area (Å²) < 4.78 is 0. The summed E-state index contributed by atoms with van der Waals surface area (Å²) in [5.74, 6) is 4.11. The van der Waals surface area contributed by atoms with E-state index in [0.717, 1.165) is 11.8 Å². The lowest BCUT2D eigenvalue weighted by molar-refractivity contribution is 0.202. The number of hydrogen-bond acceptors (Lipinski definition) is 3. The molecule has 1 heterocycles. The number of hydrogen-bond donors (Lipinski definition) is 1. The molecule has 1 aliphatic rings. The van der Waals surface area contributed by atoms with Crippen LogP contribution in [0, 0.1) is 11.8 Å². The lowest BCUT2D eigenvalue weighted by Crippen LogP contribution is -2.47. The molecule has 0 aromatic heterocycles. The van der Waals surface area contributed by atoms with Crippen molar-refractivity contribution in [3.63, 3.8) is 0 Å². The average molecular weight is 244 g/mol. The molecule has 1 aliphatic heterocycles. The van der Waals surface area contributed by atoms with Gasteiger partial charge >= 0.3 is 0 Å². The molecule has 0 saturated carbocycles. The van der Waals surface area contributed by atoms with Crippen molar-refractivity contribution in [3.8, 4) is 0 Å². The van der Waals surface area contributed by atoms with Gasteiger partial charge in [0.15, 0.2) is 0 Å². The highest BCUT2D eigenvalue weighted by Gasteiger charge is 2.18. The van der Waals surface area contributed by atoms with Crippen molar-refractivity contribution in [2.75, 3.05) is 37.7 Å². The van der Waals surface area contributed by atoms with Crippen molar-refractivity contribution >= 4 is 11.8 Å². The maximum atomic E-state index is 3.63. The maximum Gasteiger partial charge on any atom is 0.0285 e. The summed E-state index contributed by atoms with van der Waals surface area (Å²) in [5, 5.41) is 3.63. The summed E-state index contributed by atoms with van der Waals surface area (Å²) in [4.78, 5) is 2.64. The van der Waals surface area contributed by atoms with Crippen LogP contribution >= 0.6 is 11.8 Å². The largest absolute Gasteiger partial charge is 0.311 e. The van der Waals surface area contributed by atoms with Crippen LogP contribution in [-0.4, -0.2) is 48.6 Å². The Kier molecular flexibility index (Phi) is 6.78. The molecule has 3 heteroatoms. The van der Waals surface area contributed by atoms with Gasteiger partial charge in [0.25, 0.3) is 0 Å². The first-order valence-corrected chi connectivity index (χ1v) is 7.77. The van der Waals surface area contributed by atoms with Crippen LogP contribution in [0.1, 0.15) is 27.7 Å². The minimum Gasteiger partial charge on any atom is -0.311 e. The van der Waals surface area contributed by atoms with Gasteiger partial charge in [0.1, 0.15) is 0 Å². The third-order valence-corrected chi connectivity index (χ3v) is 3.85. The zero-order valence-electron chi connectivity index (χ0n) is 11.3.